The molecule has 0 aromatic heterocycles. The molecule has 1 aliphatic rings. The largest absolute Gasteiger partial charge is 0.511 e. The fraction of sp³-hybridized carbons (Fsp3) is 0.450. The lowest BCUT2D eigenvalue weighted by Gasteiger charge is -2.36. The highest BCUT2D eigenvalue weighted by atomic mass is 16.5. The molecule has 0 saturated heterocycles. The molecule has 1 aromatic carbocycles. The van der Waals surface area contributed by atoms with Crippen LogP contribution in [0.5, 0.6) is 0 Å². The van der Waals surface area contributed by atoms with Gasteiger partial charge in [0.1, 0.15) is 11.7 Å². The Hall–Kier alpha value is -2.43. The molecule has 0 spiro atoms. The van der Waals surface area contributed by atoms with Crippen molar-refractivity contribution in [1.29, 1.82) is 0 Å². The molecule has 0 fully saturated rings. The van der Waals surface area contributed by atoms with Gasteiger partial charge in [0.15, 0.2) is 5.78 Å². The van der Waals surface area contributed by atoms with Crippen molar-refractivity contribution < 1.29 is 19.4 Å². The molecule has 0 saturated carbocycles. The number of methoxy groups -OCH3 is 1. The fourth-order valence-electron chi connectivity index (χ4n) is 3.25. The molecule has 1 atom stereocenters. The average Bonchev–Trinajstić information content (AvgIpc) is 2.54. The molecular weight excluding hydrogens is 318 g/mol. The van der Waals surface area contributed by atoms with E-state index in [0.717, 1.165) is 6.42 Å². The highest BCUT2D eigenvalue weighted by Crippen LogP contribution is 2.42. The van der Waals surface area contributed by atoms with Crippen molar-refractivity contribution in [3.8, 4) is 0 Å². The zero-order valence-electron chi connectivity index (χ0n) is 15.2. The van der Waals surface area contributed by atoms with E-state index in [2.05, 4.69) is 4.99 Å². The minimum atomic E-state index is -0.872. The van der Waals surface area contributed by atoms with E-state index in [1.54, 1.807) is 13.8 Å². The summed E-state index contributed by atoms with van der Waals surface area (Å²) in [5.41, 5.74) is 0.682. The topological polar surface area (TPSA) is 76.0 Å². The van der Waals surface area contributed by atoms with Crippen molar-refractivity contribution in [2.45, 2.75) is 40.0 Å². The van der Waals surface area contributed by atoms with Gasteiger partial charge in [-0.3, -0.25) is 14.6 Å². The first-order valence-corrected chi connectivity index (χ1v) is 8.49. The molecule has 1 aliphatic carbocycles. The normalized spacial score (nSPS) is 20.6. The number of aliphatic hydroxyl groups excluding tert-OH is 1. The molecule has 25 heavy (non-hydrogen) atoms. The molecule has 134 valence electrons. The monoisotopic (exact) mass is 343 g/mol. The van der Waals surface area contributed by atoms with Crippen LogP contribution in [0, 0.1) is 11.3 Å². The summed E-state index contributed by atoms with van der Waals surface area (Å²) in [6, 6.07) is 9.28. The lowest BCUT2D eigenvalue weighted by atomic mass is 9.67. The summed E-state index contributed by atoms with van der Waals surface area (Å²) in [5, 5.41) is 10.8. The van der Waals surface area contributed by atoms with Crippen LogP contribution in [-0.4, -0.2) is 29.7 Å². The Labute approximate surface area is 148 Å². The van der Waals surface area contributed by atoms with Crippen molar-refractivity contribution in [1.82, 2.24) is 0 Å². The maximum atomic E-state index is 12.7. The number of aliphatic imine (C=N–C) groups is 1. The molecule has 2 rings (SSSR count). The van der Waals surface area contributed by atoms with Gasteiger partial charge in [-0.1, -0.05) is 45.4 Å². The molecule has 5 heteroatoms. The lowest BCUT2D eigenvalue weighted by molar-refractivity contribution is -0.150. The number of aliphatic hydroxyl groups is 1. The minimum Gasteiger partial charge on any atom is -0.511 e. The number of para-hydroxylation sites is 1. The van der Waals surface area contributed by atoms with E-state index in [-0.39, 0.29) is 23.5 Å². The predicted octanol–water partition coefficient (Wildman–Crippen LogP) is 4.16. The van der Waals surface area contributed by atoms with Crippen molar-refractivity contribution in [2.24, 2.45) is 16.3 Å². The van der Waals surface area contributed by atoms with Crippen LogP contribution in [-0.2, 0) is 14.3 Å². The summed E-state index contributed by atoms with van der Waals surface area (Å²) in [6.07, 6.45) is 1.46. The number of carbonyl (C=O) groups is 2. The SMILES string of the molecule is CCCC(=Nc1ccccc1)C1=C(O)[C@H](C(=O)OC)C(C)(C)CC1=O. The minimum absolute atomic E-state index is 0.156. The number of nitrogens with zero attached hydrogens (tertiary/aromatic N) is 1. The summed E-state index contributed by atoms with van der Waals surface area (Å²) in [6.45, 7) is 5.55. The third-order valence-corrected chi connectivity index (χ3v) is 4.44. The van der Waals surface area contributed by atoms with Gasteiger partial charge in [0.25, 0.3) is 0 Å². The second-order valence-electron chi connectivity index (χ2n) is 6.95. The Bertz CT molecular complexity index is 716. The number of hydrogen-bond acceptors (Lipinski definition) is 5. The number of ketones is 1. The fourth-order valence-corrected chi connectivity index (χ4v) is 3.25. The summed E-state index contributed by atoms with van der Waals surface area (Å²) in [7, 11) is 1.28. The van der Waals surface area contributed by atoms with Crippen molar-refractivity contribution >= 4 is 23.2 Å². The van der Waals surface area contributed by atoms with E-state index >= 15 is 0 Å². The summed E-state index contributed by atoms with van der Waals surface area (Å²) in [4.78, 5) is 29.5. The molecule has 0 unspecified atom stereocenters. The molecule has 0 radical (unpaired) electrons. The Balaban J connectivity index is 2.60. The molecule has 0 aliphatic heterocycles. The van der Waals surface area contributed by atoms with Crippen LogP contribution in [0.4, 0.5) is 5.69 Å². The number of Topliss-reactive ketones (excluding diaryl/α,β-unsaturated/α-hetero) is 1. The van der Waals surface area contributed by atoms with Crippen LogP contribution in [0.1, 0.15) is 40.0 Å². The highest BCUT2D eigenvalue weighted by Gasteiger charge is 2.47. The number of hydrogen-bond donors (Lipinski definition) is 1. The van der Waals surface area contributed by atoms with Gasteiger partial charge in [-0.05, 0) is 24.0 Å². The lowest BCUT2D eigenvalue weighted by Crippen LogP contribution is -2.41. The molecular formula is C20H25NO4. The van der Waals surface area contributed by atoms with Crippen LogP contribution in [0.3, 0.4) is 0 Å². The number of esters is 1. The van der Waals surface area contributed by atoms with Crippen molar-refractivity contribution in [3.05, 3.63) is 41.7 Å². The van der Waals surface area contributed by atoms with Crippen molar-refractivity contribution in [2.75, 3.05) is 7.11 Å². The van der Waals surface area contributed by atoms with Crippen LogP contribution < -0.4 is 0 Å². The standard InChI is InChI=1S/C20H25NO4/c1-5-9-14(21-13-10-7-6-8-11-13)16-15(22)12-20(2,3)17(18(16)23)19(24)25-4/h6-8,10-11,17,23H,5,9,12H2,1-4H3/t17-/m1/s1. The number of benzene rings is 1. The Kier molecular flexibility index (Phi) is 5.77. The van der Waals surface area contributed by atoms with Gasteiger partial charge in [0.2, 0.25) is 0 Å². The third-order valence-electron chi connectivity index (χ3n) is 4.44. The van der Waals surface area contributed by atoms with Crippen LogP contribution in [0.25, 0.3) is 0 Å². The Morgan fingerprint density at radius 3 is 2.52 bits per heavy atom. The van der Waals surface area contributed by atoms with E-state index in [9.17, 15) is 14.7 Å². The van der Waals surface area contributed by atoms with Crippen LogP contribution in [0.2, 0.25) is 0 Å². The highest BCUT2D eigenvalue weighted by molar-refractivity contribution is 6.24. The van der Waals surface area contributed by atoms with Gasteiger partial charge >= 0.3 is 5.97 Å². The van der Waals surface area contributed by atoms with E-state index < -0.39 is 17.3 Å². The number of carbonyl (C=O) groups excluding carboxylic acids is 2. The van der Waals surface area contributed by atoms with Gasteiger partial charge in [0, 0.05) is 6.42 Å². The zero-order valence-corrected chi connectivity index (χ0v) is 15.2. The average molecular weight is 343 g/mol. The molecule has 1 N–H and O–H groups in total. The molecule has 0 heterocycles. The smallest absolute Gasteiger partial charge is 0.316 e. The summed E-state index contributed by atoms with van der Waals surface area (Å²) < 4.78 is 4.85. The predicted molar refractivity (Wildman–Crippen MR) is 97.0 cm³/mol. The van der Waals surface area contributed by atoms with Crippen LogP contribution >= 0.6 is 0 Å². The van der Waals surface area contributed by atoms with E-state index in [1.807, 2.05) is 37.3 Å². The van der Waals surface area contributed by atoms with E-state index in [1.165, 1.54) is 7.11 Å². The molecule has 0 amide bonds. The second kappa shape index (κ2) is 7.64. The molecule has 1 aromatic rings. The Morgan fingerprint density at radius 1 is 1.32 bits per heavy atom. The number of allylic oxidation sites excluding steroid dienone is 1. The van der Waals surface area contributed by atoms with Crippen LogP contribution in [0.15, 0.2) is 46.7 Å². The zero-order chi connectivity index (χ0) is 18.6. The quantitative estimate of drug-likeness (QED) is 0.643. The maximum Gasteiger partial charge on any atom is 0.316 e. The van der Waals surface area contributed by atoms with Crippen molar-refractivity contribution in [3.63, 3.8) is 0 Å². The van der Waals surface area contributed by atoms with Gasteiger partial charge in [0.05, 0.1) is 24.1 Å². The van der Waals surface area contributed by atoms with Gasteiger partial charge < -0.3 is 9.84 Å². The van der Waals surface area contributed by atoms with Gasteiger partial charge in [-0.15, -0.1) is 0 Å². The number of ether oxygens (including phenoxy) is 1. The molecule has 0 bridgehead atoms. The first-order chi connectivity index (χ1) is 11.8. The second-order valence-corrected chi connectivity index (χ2v) is 6.95. The third kappa shape index (κ3) is 3.98. The van der Waals surface area contributed by atoms with Gasteiger partial charge in [-0.2, -0.15) is 0 Å². The van der Waals surface area contributed by atoms with E-state index in [0.29, 0.717) is 17.8 Å². The first kappa shape index (κ1) is 18.9. The maximum absolute atomic E-state index is 12.7. The van der Waals surface area contributed by atoms with E-state index in [4.69, 9.17) is 4.74 Å². The Morgan fingerprint density at radius 2 is 1.96 bits per heavy atom. The first-order valence-electron chi connectivity index (χ1n) is 8.49. The molecule has 5 nitrogen and oxygen atoms in total. The summed E-state index contributed by atoms with van der Waals surface area (Å²) >= 11 is 0. The number of rotatable bonds is 5. The summed E-state index contributed by atoms with van der Waals surface area (Å²) in [5.74, 6) is -1.83. The van der Waals surface area contributed by atoms with Gasteiger partial charge in [-0.25, -0.2) is 0 Å².